The van der Waals surface area contributed by atoms with Gasteiger partial charge in [-0.3, -0.25) is 5.10 Å². The van der Waals surface area contributed by atoms with Gasteiger partial charge in [-0.1, -0.05) is 30.3 Å². The van der Waals surface area contributed by atoms with Crippen LogP contribution in [-0.2, 0) is 10.0 Å². The summed E-state index contributed by atoms with van der Waals surface area (Å²) in [7, 11) is -3.76. The molecule has 0 aliphatic rings. The summed E-state index contributed by atoms with van der Waals surface area (Å²) < 4.78 is 23.3. The average Bonchev–Trinajstić information content (AvgIpc) is 2.85. The molecule has 0 bridgehead atoms. The fraction of sp³-hybridized carbons (Fsp3) is 0. The van der Waals surface area contributed by atoms with Gasteiger partial charge >= 0.3 is 0 Å². The zero-order valence-electron chi connectivity index (χ0n) is 9.87. The fourth-order valence-electron chi connectivity index (χ4n) is 2.14. The van der Waals surface area contributed by atoms with Crippen LogP contribution in [0.4, 0.5) is 0 Å². The first-order chi connectivity index (χ1) is 9.07. The molecule has 2 aromatic carbocycles. The average molecular weight is 273 g/mol. The Morgan fingerprint density at radius 2 is 1.74 bits per heavy atom. The molecule has 0 unspecified atom stereocenters. The highest BCUT2D eigenvalue weighted by Gasteiger charge is 2.16. The summed E-state index contributed by atoms with van der Waals surface area (Å²) in [6, 6.07) is 12.2. The second kappa shape index (κ2) is 4.18. The predicted octanol–water partition coefficient (Wildman–Crippen LogP) is 1.88. The number of hydrogen-bond acceptors (Lipinski definition) is 3. The number of fused-ring (bicyclic) bond motifs is 1. The number of sulfonamides is 1. The molecule has 0 atom stereocenters. The molecule has 0 radical (unpaired) electrons. The Labute approximate surface area is 110 Å². The van der Waals surface area contributed by atoms with E-state index in [1.54, 1.807) is 24.4 Å². The first-order valence-electron chi connectivity index (χ1n) is 5.62. The number of primary sulfonamides is 1. The molecule has 0 saturated carbocycles. The lowest BCUT2D eigenvalue weighted by Gasteiger charge is -2.08. The van der Waals surface area contributed by atoms with Gasteiger partial charge in [-0.2, -0.15) is 5.10 Å². The Morgan fingerprint density at radius 3 is 2.53 bits per heavy atom. The highest BCUT2D eigenvalue weighted by molar-refractivity contribution is 7.89. The number of benzene rings is 2. The molecule has 0 amide bonds. The molecular weight excluding hydrogens is 262 g/mol. The Kier molecular flexibility index (Phi) is 2.62. The van der Waals surface area contributed by atoms with Crippen molar-refractivity contribution in [1.82, 2.24) is 10.2 Å². The summed E-state index contributed by atoms with van der Waals surface area (Å²) in [5.74, 6) is 0. The molecule has 0 aliphatic heterocycles. The number of rotatable bonds is 2. The molecule has 0 saturated heterocycles. The third-order valence-corrected chi connectivity index (χ3v) is 3.94. The first-order valence-corrected chi connectivity index (χ1v) is 7.16. The molecule has 0 aliphatic carbocycles. The standard InChI is InChI=1S/C13H11N3O2S/c14-19(17,18)13-7-2-1-4-10(13)9-5-3-6-12-11(9)8-15-16-12/h1-8H,(H,15,16)(H2,14,17,18). The third-order valence-electron chi connectivity index (χ3n) is 2.97. The summed E-state index contributed by atoms with van der Waals surface area (Å²) in [6.07, 6.45) is 1.67. The SMILES string of the molecule is NS(=O)(=O)c1ccccc1-c1cccc2[nH]ncc12. The minimum Gasteiger partial charge on any atom is -0.278 e. The molecule has 6 heteroatoms. The highest BCUT2D eigenvalue weighted by Crippen LogP contribution is 2.31. The normalized spacial score (nSPS) is 11.8. The number of H-pyrrole nitrogens is 1. The van der Waals surface area contributed by atoms with E-state index in [1.165, 1.54) is 6.07 Å². The zero-order valence-corrected chi connectivity index (χ0v) is 10.7. The van der Waals surface area contributed by atoms with Gasteiger partial charge in [0.05, 0.1) is 16.6 Å². The topological polar surface area (TPSA) is 88.8 Å². The molecule has 1 heterocycles. The number of nitrogens with zero attached hydrogens (tertiary/aromatic N) is 1. The summed E-state index contributed by atoms with van der Waals surface area (Å²) in [4.78, 5) is 0.115. The summed E-state index contributed by atoms with van der Waals surface area (Å²) in [5, 5.41) is 13.0. The number of aromatic amines is 1. The van der Waals surface area contributed by atoms with Crippen molar-refractivity contribution >= 4 is 20.9 Å². The van der Waals surface area contributed by atoms with E-state index >= 15 is 0 Å². The van der Waals surface area contributed by atoms with Gasteiger partial charge in [0.25, 0.3) is 0 Å². The van der Waals surface area contributed by atoms with Gasteiger partial charge in [-0.05, 0) is 17.7 Å². The maximum atomic E-state index is 11.7. The van der Waals surface area contributed by atoms with Crippen molar-refractivity contribution < 1.29 is 8.42 Å². The van der Waals surface area contributed by atoms with Gasteiger partial charge < -0.3 is 0 Å². The molecule has 0 spiro atoms. The second-order valence-corrected chi connectivity index (χ2v) is 5.71. The van der Waals surface area contributed by atoms with Gasteiger partial charge in [-0.15, -0.1) is 0 Å². The molecule has 3 aromatic rings. The van der Waals surface area contributed by atoms with E-state index in [0.717, 1.165) is 16.5 Å². The van der Waals surface area contributed by atoms with E-state index in [2.05, 4.69) is 10.2 Å². The van der Waals surface area contributed by atoms with Crippen LogP contribution in [0.15, 0.2) is 53.6 Å². The van der Waals surface area contributed by atoms with Gasteiger partial charge in [0.2, 0.25) is 10.0 Å². The van der Waals surface area contributed by atoms with Gasteiger partial charge in [0.1, 0.15) is 0 Å². The molecule has 3 N–H and O–H groups in total. The van der Waals surface area contributed by atoms with E-state index in [1.807, 2.05) is 18.2 Å². The van der Waals surface area contributed by atoms with Crippen molar-refractivity contribution in [3.05, 3.63) is 48.7 Å². The third kappa shape index (κ3) is 2.00. The number of nitrogens with one attached hydrogen (secondary N) is 1. The van der Waals surface area contributed by atoms with E-state index in [0.29, 0.717) is 5.56 Å². The van der Waals surface area contributed by atoms with Crippen LogP contribution in [0, 0.1) is 0 Å². The second-order valence-electron chi connectivity index (χ2n) is 4.18. The maximum absolute atomic E-state index is 11.7. The van der Waals surface area contributed by atoms with Crippen LogP contribution >= 0.6 is 0 Å². The van der Waals surface area contributed by atoms with E-state index < -0.39 is 10.0 Å². The van der Waals surface area contributed by atoms with Crippen LogP contribution in [0.1, 0.15) is 0 Å². The summed E-state index contributed by atoms with van der Waals surface area (Å²) in [5.41, 5.74) is 2.22. The lowest BCUT2D eigenvalue weighted by molar-refractivity contribution is 0.598. The first kappa shape index (κ1) is 11.9. The Bertz CT molecular complexity index is 853. The lowest BCUT2D eigenvalue weighted by Crippen LogP contribution is -2.13. The van der Waals surface area contributed by atoms with Crippen molar-refractivity contribution in [3.8, 4) is 11.1 Å². The highest BCUT2D eigenvalue weighted by atomic mass is 32.2. The number of nitrogens with two attached hydrogens (primary N) is 1. The molecule has 19 heavy (non-hydrogen) atoms. The van der Waals surface area contributed by atoms with Crippen LogP contribution in [0.25, 0.3) is 22.0 Å². The minimum atomic E-state index is -3.76. The van der Waals surface area contributed by atoms with Crippen molar-refractivity contribution in [2.75, 3.05) is 0 Å². The molecule has 1 aromatic heterocycles. The van der Waals surface area contributed by atoms with Gasteiger partial charge in [0, 0.05) is 10.9 Å². The predicted molar refractivity (Wildman–Crippen MR) is 72.9 cm³/mol. The Morgan fingerprint density at radius 1 is 1.00 bits per heavy atom. The molecular formula is C13H11N3O2S. The van der Waals surface area contributed by atoms with Gasteiger partial charge in [-0.25, -0.2) is 13.6 Å². The molecule has 5 nitrogen and oxygen atoms in total. The van der Waals surface area contributed by atoms with Crippen molar-refractivity contribution in [2.45, 2.75) is 4.90 Å². The number of hydrogen-bond donors (Lipinski definition) is 2. The van der Waals surface area contributed by atoms with E-state index in [-0.39, 0.29) is 4.90 Å². The monoisotopic (exact) mass is 273 g/mol. The van der Waals surface area contributed by atoms with Crippen LogP contribution < -0.4 is 5.14 Å². The van der Waals surface area contributed by atoms with Crippen LogP contribution in [0.5, 0.6) is 0 Å². The zero-order chi connectivity index (χ0) is 13.5. The van der Waals surface area contributed by atoms with Crippen LogP contribution in [0.3, 0.4) is 0 Å². The Balaban J connectivity index is 2.37. The summed E-state index contributed by atoms with van der Waals surface area (Å²) in [6.45, 7) is 0. The largest absolute Gasteiger partial charge is 0.278 e. The minimum absolute atomic E-state index is 0.115. The summed E-state index contributed by atoms with van der Waals surface area (Å²) >= 11 is 0. The van der Waals surface area contributed by atoms with E-state index in [9.17, 15) is 8.42 Å². The molecule has 0 fully saturated rings. The fourth-order valence-corrected chi connectivity index (χ4v) is 2.89. The van der Waals surface area contributed by atoms with Crippen LogP contribution in [0.2, 0.25) is 0 Å². The van der Waals surface area contributed by atoms with Crippen molar-refractivity contribution in [1.29, 1.82) is 0 Å². The smallest absolute Gasteiger partial charge is 0.238 e. The maximum Gasteiger partial charge on any atom is 0.238 e. The van der Waals surface area contributed by atoms with E-state index in [4.69, 9.17) is 5.14 Å². The van der Waals surface area contributed by atoms with Crippen molar-refractivity contribution in [2.24, 2.45) is 5.14 Å². The Hall–Kier alpha value is -2.18. The van der Waals surface area contributed by atoms with Crippen molar-refractivity contribution in [3.63, 3.8) is 0 Å². The number of aromatic nitrogens is 2. The lowest BCUT2D eigenvalue weighted by atomic mass is 10.0. The quantitative estimate of drug-likeness (QED) is 0.747. The van der Waals surface area contributed by atoms with Gasteiger partial charge in [0.15, 0.2) is 0 Å². The van der Waals surface area contributed by atoms with Crippen LogP contribution in [-0.4, -0.2) is 18.6 Å². The molecule has 3 rings (SSSR count). The molecule has 96 valence electrons.